The quantitative estimate of drug-likeness (QED) is 0.320. The molecule has 0 saturated heterocycles. The Bertz CT molecular complexity index is 955. The number of anilines is 2. The number of nitrogens with two attached hydrogens (primary N) is 2. The molecule has 2 rings (SSSR count). The molecule has 1 amide bonds. The lowest BCUT2D eigenvalue weighted by Crippen LogP contribution is -2.26. The first kappa shape index (κ1) is 23.2. The Hall–Kier alpha value is -3.13. The molecule has 0 bridgehead atoms. The van der Waals surface area contributed by atoms with Gasteiger partial charge in [0.25, 0.3) is 5.91 Å². The van der Waals surface area contributed by atoms with Gasteiger partial charge >= 0.3 is 0 Å². The van der Waals surface area contributed by atoms with Crippen LogP contribution in [0.5, 0.6) is 0 Å². The van der Waals surface area contributed by atoms with Crippen molar-refractivity contribution in [2.75, 3.05) is 11.5 Å². The van der Waals surface area contributed by atoms with E-state index in [2.05, 4.69) is 33.7 Å². The number of hydrogen-bond donors (Lipinski definition) is 3. The third kappa shape index (κ3) is 5.48. The van der Waals surface area contributed by atoms with E-state index >= 15 is 0 Å². The summed E-state index contributed by atoms with van der Waals surface area (Å²) in [7, 11) is 0. The Labute approximate surface area is 181 Å². The molecular weight excluding hydrogens is 402 g/mol. The SMILES string of the molecule is C=C/C=C(\C[C@H](C(C)Cl)n1cc(N)c(C(=O)NCc2c(C)cc(N)nc2C)n1)N=C. The fourth-order valence-corrected chi connectivity index (χ4v) is 3.37. The van der Waals surface area contributed by atoms with Crippen molar-refractivity contribution in [2.24, 2.45) is 4.99 Å². The number of nitrogens with one attached hydrogen (secondary N) is 1. The van der Waals surface area contributed by atoms with Gasteiger partial charge in [-0.25, -0.2) is 4.98 Å². The Balaban J connectivity index is 2.21. The average molecular weight is 430 g/mol. The molecule has 0 fully saturated rings. The predicted molar refractivity (Wildman–Crippen MR) is 123 cm³/mol. The molecule has 0 spiro atoms. The van der Waals surface area contributed by atoms with Crippen LogP contribution in [0.15, 0.2) is 41.7 Å². The van der Waals surface area contributed by atoms with Gasteiger partial charge in [-0.15, -0.1) is 11.6 Å². The van der Waals surface area contributed by atoms with E-state index in [9.17, 15) is 4.79 Å². The molecule has 8 nitrogen and oxygen atoms in total. The van der Waals surface area contributed by atoms with Crippen molar-refractivity contribution in [2.45, 2.75) is 45.2 Å². The number of nitrogens with zero attached hydrogens (tertiary/aromatic N) is 4. The topological polar surface area (TPSA) is 124 Å². The summed E-state index contributed by atoms with van der Waals surface area (Å²) in [4.78, 5) is 20.9. The van der Waals surface area contributed by atoms with Crippen LogP contribution in [-0.2, 0) is 6.54 Å². The van der Waals surface area contributed by atoms with E-state index in [1.165, 1.54) is 0 Å². The Morgan fingerprint density at radius 3 is 2.70 bits per heavy atom. The monoisotopic (exact) mass is 429 g/mol. The number of nitrogen functional groups attached to an aromatic ring is 2. The number of aryl methyl sites for hydroxylation is 2. The van der Waals surface area contributed by atoms with Crippen LogP contribution in [0.3, 0.4) is 0 Å². The molecule has 160 valence electrons. The van der Waals surface area contributed by atoms with Crippen LogP contribution in [0.25, 0.3) is 0 Å². The minimum Gasteiger partial charge on any atom is -0.396 e. The molecule has 0 aliphatic rings. The van der Waals surface area contributed by atoms with E-state index in [-0.39, 0.29) is 35.3 Å². The fraction of sp³-hybridized carbons (Fsp3) is 0.333. The molecule has 0 saturated carbocycles. The maximum Gasteiger partial charge on any atom is 0.274 e. The average Bonchev–Trinajstić information content (AvgIpc) is 3.05. The highest BCUT2D eigenvalue weighted by molar-refractivity contribution is 6.20. The third-order valence-electron chi connectivity index (χ3n) is 4.78. The molecule has 0 aromatic carbocycles. The highest BCUT2D eigenvalue weighted by atomic mass is 35.5. The van der Waals surface area contributed by atoms with Crippen LogP contribution < -0.4 is 16.8 Å². The molecule has 2 aromatic heterocycles. The summed E-state index contributed by atoms with van der Waals surface area (Å²) in [5, 5.41) is 6.95. The molecule has 1 unspecified atom stereocenters. The number of halogens is 1. The molecule has 9 heteroatoms. The fourth-order valence-electron chi connectivity index (χ4n) is 3.16. The minimum atomic E-state index is -0.383. The van der Waals surface area contributed by atoms with Crippen molar-refractivity contribution in [3.63, 3.8) is 0 Å². The summed E-state index contributed by atoms with van der Waals surface area (Å²) in [6, 6.07) is 1.50. The smallest absolute Gasteiger partial charge is 0.274 e. The summed E-state index contributed by atoms with van der Waals surface area (Å²) in [6.07, 6.45) is 5.46. The number of aliphatic imine (C=N–C) groups is 1. The van der Waals surface area contributed by atoms with Gasteiger partial charge in [-0.1, -0.05) is 12.7 Å². The molecular formula is C21H28ClN7O. The standard InChI is InChI=1S/C21H28ClN7O/c1-6-7-15(25-5)9-18(13(3)22)29-11-17(23)20(28-29)21(30)26-10-16-12(2)8-19(24)27-14(16)4/h6-8,11,13,18H,1,5,9-10,23H2,2-4H3,(H2,24,27)(H,26,30)/b15-7+/t13?,18-/m1/s1. The van der Waals surface area contributed by atoms with Crippen LogP contribution in [0.4, 0.5) is 11.5 Å². The Morgan fingerprint density at radius 2 is 2.13 bits per heavy atom. The second-order valence-electron chi connectivity index (χ2n) is 7.02. The normalized spacial score (nSPS) is 13.5. The summed E-state index contributed by atoms with van der Waals surface area (Å²) < 4.78 is 1.60. The van der Waals surface area contributed by atoms with Crippen LogP contribution >= 0.6 is 11.6 Å². The number of carbonyl (C=O) groups excluding carboxylic acids is 1. The van der Waals surface area contributed by atoms with Crippen LogP contribution in [0.2, 0.25) is 0 Å². The van der Waals surface area contributed by atoms with E-state index in [4.69, 9.17) is 23.1 Å². The van der Waals surface area contributed by atoms with Crippen LogP contribution in [-0.4, -0.2) is 32.8 Å². The molecule has 0 radical (unpaired) electrons. The van der Waals surface area contributed by atoms with Gasteiger partial charge < -0.3 is 16.8 Å². The summed E-state index contributed by atoms with van der Waals surface area (Å²) in [5.41, 5.74) is 15.6. The minimum absolute atomic E-state index is 0.136. The van der Waals surface area contributed by atoms with E-state index in [1.54, 1.807) is 29.1 Å². The highest BCUT2D eigenvalue weighted by Crippen LogP contribution is 2.27. The number of rotatable bonds is 9. The van der Waals surface area contributed by atoms with E-state index in [1.807, 2.05) is 20.8 Å². The zero-order valence-electron chi connectivity index (χ0n) is 17.5. The molecule has 0 aliphatic heterocycles. The predicted octanol–water partition coefficient (Wildman–Crippen LogP) is 3.32. The van der Waals surface area contributed by atoms with Crippen LogP contribution in [0.1, 0.15) is 46.7 Å². The zero-order valence-corrected chi connectivity index (χ0v) is 18.3. The first-order valence-electron chi connectivity index (χ1n) is 9.45. The first-order valence-corrected chi connectivity index (χ1v) is 9.89. The van der Waals surface area contributed by atoms with Gasteiger partial charge in [0.05, 0.1) is 17.1 Å². The van der Waals surface area contributed by atoms with Gasteiger partial charge in [0.2, 0.25) is 0 Å². The Morgan fingerprint density at radius 1 is 1.43 bits per heavy atom. The lowest BCUT2D eigenvalue weighted by Gasteiger charge is -2.20. The maximum absolute atomic E-state index is 12.7. The molecule has 5 N–H and O–H groups in total. The van der Waals surface area contributed by atoms with Crippen molar-refractivity contribution in [1.29, 1.82) is 0 Å². The van der Waals surface area contributed by atoms with Crippen molar-refractivity contribution in [3.05, 3.63) is 59.2 Å². The largest absolute Gasteiger partial charge is 0.396 e. The number of allylic oxidation sites excluding steroid dienone is 3. The van der Waals surface area contributed by atoms with E-state index in [0.29, 0.717) is 17.9 Å². The maximum atomic E-state index is 12.7. The van der Waals surface area contributed by atoms with Gasteiger partial charge in [-0.3, -0.25) is 14.5 Å². The lowest BCUT2D eigenvalue weighted by molar-refractivity contribution is 0.0945. The molecule has 30 heavy (non-hydrogen) atoms. The summed E-state index contributed by atoms with van der Waals surface area (Å²) in [5.74, 6) is 0.0646. The first-order chi connectivity index (χ1) is 14.2. The molecule has 2 aromatic rings. The van der Waals surface area contributed by atoms with E-state index in [0.717, 1.165) is 16.8 Å². The number of alkyl halides is 1. The van der Waals surface area contributed by atoms with Gasteiger partial charge in [0.1, 0.15) is 5.82 Å². The highest BCUT2D eigenvalue weighted by Gasteiger charge is 2.23. The third-order valence-corrected chi connectivity index (χ3v) is 5.07. The number of hydrogen-bond acceptors (Lipinski definition) is 6. The number of amides is 1. The van der Waals surface area contributed by atoms with Crippen molar-refractivity contribution in [1.82, 2.24) is 20.1 Å². The number of carbonyl (C=O) groups is 1. The molecule has 2 heterocycles. The van der Waals surface area contributed by atoms with Crippen molar-refractivity contribution >= 4 is 35.7 Å². The molecule has 2 atom stereocenters. The van der Waals surface area contributed by atoms with E-state index < -0.39 is 0 Å². The van der Waals surface area contributed by atoms with Crippen molar-refractivity contribution < 1.29 is 4.79 Å². The number of pyridine rings is 1. The second kappa shape index (κ2) is 10.1. The van der Waals surface area contributed by atoms with Crippen molar-refractivity contribution in [3.8, 4) is 0 Å². The summed E-state index contributed by atoms with van der Waals surface area (Å²) in [6.45, 7) is 13.1. The van der Waals surface area contributed by atoms with Gasteiger partial charge in [-0.05, 0) is 50.8 Å². The lowest BCUT2D eigenvalue weighted by atomic mass is 10.1. The van der Waals surface area contributed by atoms with Gasteiger partial charge in [0, 0.05) is 30.6 Å². The number of aromatic nitrogens is 3. The Kier molecular flexibility index (Phi) is 7.77. The second-order valence-corrected chi connectivity index (χ2v) is 7.71. The summed E-state index contributed by atoms with van der Waals surface area (Å²) >= 11 is 6.38. The van der Waals surface area contributed by atoms with Gasteiger partial charge in [0.15, 0.2) is 5.69 Å². The zero-order chi connectivity index (χ0) is 22.4. The van der Waals surface area contributed by atoms with Gasteiger partial charge in [-0.2, -0.15) is 5.10 Å². The van der Waals surface area contributed by atoms with Crippen LogP contribution in [0, 0.1) is 13.8 Å². The molecule has 0 aliphatic carbocycles.